The smallest absolute Gasteiger partial charge is 0.340 e. The Kier molecular flexibility index (Phi) is 5.65. The molecule has 3 nitrogen and oxygen atoms in total. The SMILES string of the molecule is CCOC(=O)C1(CC(C)CCCc2cccc(Cl)c2)CO1. The quantitative estimate of drug-likeness (QED) is 0.537. The summed E-state index contributed by atoms with van der Waals surface area (Å²) in [5.41, 5.74) is 0.614. The fraction of sp³-hybridized carbons (Fsp3) is 0.588. The number of ether oxygens (including phenoxy) is 2. The van der Waals surface area contributed by atoms with Crippen LogP contribution in [0.3, 0.4) is 0 Å². The van der Waals surface area contributed by atoms with Crippen LogP contribution in [0.5, 0.6) is 0 Å². The van der Waals surface area contributed by atoms with Crippen molar-refractivity contribution in [1.29, 1.82) is 0 Å². The zero-order chi connectivity index (χ0) is 15.3. The van der Waals surface area contributed by atoms with Gasteiger partial charge in [-0.1, -0.05) is 37.1 Å². The molecule has 1 aliphatic heterocycles. The van der Waals surface area contributed by atoms with Crippen LogP contribution in [0.2, 0.25) is 5.02 Å². The van der Waals surface area contributed by atoms with Crippen LogP contribution in [0, 0.1) is 5.92 Å². The van der Waals surface area contributed by atoms with Gasteiger partial charge in [0.2, 0.25) is 0 Å². The number of aryl methyl sites for hydroxylation is 1. The van der Waals surface area contributed by atoms with Gasteiger partial charge in [-0.15, -0.1) is 0 Å². The summed E-state index contributed by atoms with van der Waals surface area (Å²) in [5, 5.41) is 0.785. The van der Waals surface area contributed by atoms with Crippen LogP contribution < -0.4 is 0 Å². The third kappa shape index (κ3) is 4.72. The largest absolute Gasteiger partial charge is 0.464 e. The van der Waals surface area contributed by atoms with E-state index in [0.29, 0.717) is 19.1 Å². The fourth-order valence-corrected chi connectivity index (χ4v) is 2.89. The predicted molar refractivity (Wildman–Crippen MR) is 83.5 cm³/mol. The Bertz CT molecular complexity index is 483. The highest BCUT2D eigenvalue weighted by atomic mass is 35.5. The summed E-state index contributed by atoms with van der Waals surface area (Å²) in [6.07, 6.45) is 3.91. The number of carbonyl (C=O) groups is 1. The van der Waals surface area contributed by atoms with Crippen molar-refractivity contribution >= 4 is 17.6 Å². The normalized spacial score (nSPS) is 21.9. The lowest BCUT2D eigenvalue weighted by molar-refractivity contribution is -0.150. The molecular weight excluding hydrogens is 288 g/mol. The number of rotatable bonds is 8. The molecule has 4 heteroatoms. The van der Waals surface area contributed by atoms with E-state index in [1.807, 2.05) is 25.1 Å². The fourth-order valence-electron chi connectivity index (χ4n) is 2.68. The van der Waals surface area contributed by atoms with Gasteiger partial charge in [0.15, 0.2) is 5.60 Å². The molecule has 2 atom stereocenters. The first-order valence-electron chi connectivity index (χ1n) is 7.61. The lowest BCUT2D eigenvalue weighted by Crippen LogP contribution is -2.29. The second-order valence-corrected chi connectivity index (χ2v) is 6.27. The van der Waals surface area contributed by atoms with Crippen LogP contribution in [-0.2, 0) is 20.7 Å². The highest BCUT2D eigenvalue weighted by Crippen LogP contribution is 2.36. The standard InChI is InChI=1S/C17H23ClO3/c1-3-20-16(19)17(12-21-17)11-13(2)6-4-7-14-8-5-9-15(18)10-14/h5,8-10,13H,3-4,6-7,11-12H2,1-2H3. The molecule has 21 heavy (non-hydrogen) atoms. The molecule has 1 aromatic rings. The maximum Gasteiger partial charge on any atom is 0.340 e. The average Bonchev–Trinajstić information content (AvgIpc) is 3.20. The maximum atomic E-state index is 11.8. The molecule has 2 unspecified atom stereocenters. The van der Waals surface area contributed by atoms with Crippen LogP contribution >= 0.6 is 11.6 Å². The number of benzene rings is 1. The van der Waals surface area contributed by atoms with Crippen molar-refractivity contribution < 1.29 is 14.3 Å². The maximum absolute atomic E-state index is 11.8. The van der Waals surface area contributed by atoms with Crippen molar-refractivity contribution in [3.05, 3.63) is 34.9 Å². The van der Waals surface area contributed by atoms with Crippen LogP contribution in [0.1, 0.15) is 38.7 Å². The molecule has 0 aliphatic carbocycles. The molecule has 1 aliphatic rings. The minimum absolute atomic E-state index is 0.202. The first-order valence-corrected chi connectivity index (χ1v) is 7.99. The number of esters is 1. The average molecular weight is 311 g/mol. The minimum atomic E-state index is -0.647. The zero-order valence-corrected chi connectivity index (χ0v) is 13.5. The first-order chi connectivity index (χ1) is 10.1. The predicted octanol–water partition coefficient (Wildman–Crippen LogP) is 4.02. The number of epoxide rings is 1. The van der Waals surface area contributed by atoms with Crippen molar-refractivity contribution in [2.24, 2.45) is 5.92 Å². The molecule has 1 aromatic carbocycles. The van der Waals surface area contributed by atoms with Gasteiger partial charge < -0.3 is 9.47 Å². The monoisotopic (exact) mass is 310 g/mol. The van der Waals surface area contributed by atoms with E-state index in [1.165, 1.54) is 5.56 Å². The lowest BCUT2D eigenvalue weighted by atomic mass is 9.91. The summed E-state index contributed by atoms with van der Waals surface area (Å²) >= 11 is 5.98. The molecule has 116 valence electrons. The van der Waals surface area contributed by atoms with Gasteiger partial charge in [0.05, 0.1) is 13.2 Å². The van der Waals surface area contributed by atoms with Crippen molar-refractivity contribution in [3.63, 3.8) is 0 Å². The van der Waals surface area contributed by atoms with Gasteiger partial charge in [-0.3, -0.25) is 0 Å². The topological polar surface area (TPSA) is 38.8 Å². The van der Waals surface area contributed by atoms with E-state index in [9.17, 15) is 4.79 Å². The molecule has 0 saturated carbocycles. The van der Waals surface area contributed by atoms with Crippen LogP contribution in [0.4, 0.5) is 0 Å². The van der Waals surface area contributed by atoms with Crippen LogP contribution in [0.25, 0.3) is 0 Å². The molecule has 0 radical (unpaired) electrons. The van der Waals surface area contributed by atoms with Crippen LogP contribution in [-0.4, -0.2) is 24.8 Å². The third-order valence-corrected chi connectivity index (χ3v) is 4.10. The van der Waals surface area contributed by atoms with Gasteiger partial charge in [-0.25, -0.2) is 4.79 Å². The second kappa shape index (κ2) is 7.28. The van der Waals surface area contributed by atoms with Gasteiger partial charge in [-0.2, -0.15) is 0 Å². The zero-order valence-electron chi connectivity index (χ0n) is 12.7. The van der Waals surface area contributed by atoms with E-state index < -0.39 is 5.60 Å². The van der Waals surface area contributed by atoms with E-state index >= 15 is 0 Å². The Hall–Kier alpha value is -1.06. The molecular formula is C17H23ClO3. The number of hydrogen-bond donors (Lipinski definition) is 0. The lowest BCUT2D eigenvalue weighted by Gasteiger charge is -2.16. The summed E-state index contributed by atoms with van der Waals surface area (Å²) in [6, 6.07) is 7.98. The van der Waals surface area contributed by atoms with Crippen molar-refractivity contribution in [2.45, 2.75) is 45.1 Å². The summed E-state index contributed by atoms with van der Waals surface area (Å²) in [5.74, 6) is 0.239. The Labute approximate surface area is 131 Å². The molecule has 1 heterocycles. The summed E-state index contributed by atoms with van der Waals surface area (Å²) < 4.78 is 10.4. The molecule has 0 spiro atoms. The molecule has 1 saturated heterocycles. The van der Waals surface area contributed by atoms with Crippen molar-refractivity contribution in [1.82, 2.24) is 0 Å². The Balaban J connectivity index is 1.73. The van der Waals surface area contributed by atoms with E-state index in [4.69, 9.17) is 21.1 Å². The molecule has 0 bridgehead atoms. The van der Waals surface area contributed by atoms with E-state index in [1.54, 1.807) is 0 Å². The van der Waals surface area contributed by atoms with E-state index in [0.717, 1.165) is 30.7 Å². The van der Waals surface area contributed by atoms with Crippen molar-refractivity contribution in [2.75, 3.05) is 13.2 Å². The summed E-state index contributed by atoms with van der Waals surface area (Å²) in [6.45, 7) is 4.90. The molecule has 0 N–H and O–H groups in total. The Morgan fingerprint density at radius 2 is 2.29 bits per heavy atom. The van der Waals surface area contributed by atoms with Gasteiger partial charge in [0.1, 0.15) is 0 Å². The molecule has 0 amide bonds. The van der Waals surface area contributed by atoms with Gasteiger partial charge in [-0.05, 0) is 49.8 Å². The second-order valence-electron chi connectivity index (χ2n) is 5.83. The molecule has 2 rings (SSSR count). The first kappa shape index (κ1) is 16.3. The van der Waals surface area contributed by atoms with Gasteiger partial charge >= 0.3 is 5.97 Å². The Morgan fingerprint density at radius 1 is 1.52 bits per heavy atom. The van der Waals surface area contributed by atoms with Crippen LogP contribution in [0.15, 0.2) is 24.3 Å². The summed E-state index contributed by atoms with van der Waals surface area (Å²) in [7, 11) is 0. The van der Waals surface area contributed by atoms with Gasteiger partial charge in [0, 0.05) is 5.02 Å². The number of carbonyl (C=O) groups excluding carboxylic acids is 1. The number of halogens is 1. The Morgan fingerprint density at radius 3 is 2.90 bits per heavy atom. The summed E-state index contributed by atoms with van der Waals surface area (Å²) in [4.78, 5) is 11.8. The minimum Gasteiger partial charge on any atom is -0.464 e. The van der Waals surface area contributed by atoms with E-state index in [2.05, 4.69) is 13.0 Å². The highest BCUT2D eigenvalue weighted by molar-refractivity contribution is 6.30. The van der Waals surface area contributed by atoms with E-state index in [-0.39, 0.29) is 5.97 Å². The molecule has 0 aromatic heterocycles. The molecule has 1 fully saturated rings. The van der Waals surface area contributed by atoms with Gasteiger partial charge in [0.25, 0.3) is 0 Å². The third-order valence-electron chi connectivity index (χ3n) is 3.87. The highest BCUT2D eigenvalue weighted by Gasteiger charge is 2.54. The number of hydrogen-bond acceptors (Lipinski definition) is 3. The van der Waals surface area contributed by atoms with Crippen molar-refractivity contribution in [3.8, 4) is 0 Å².